The summed E-state index contributed by atoms with van der Waals surface area (Å²) in [6.45, 7) is 9.91. The number of likely N-dealkylation sites (N-methyl/N-ethyl adjacent to an activating group) is 1. The van der Waals surface area contributed by atoms with Crippen molar-refractivity contribution in [3.63, 3.8) is 0 Å². The van der Waals surface area contributed by atoms with Crippen molar-refractivity contribution in [2.24, 2.45) is 0 Å². The van der Waals surface area contributed by atoms with Crippen LogP contribution >= 0.6 is 11.3 Å². The highest BCUT2D eigenvalue weighted by molar-refractivity contribution is 7.11. The molecule has 4 heteroatoms. The second-order valence-corrected chi connectivity index (χ2v) is 5.56. The fourth-order valence-corrected chi connectivity index (χ4v) is 2.40. The summed E-state index contributed by atoms with van der Waals surface area (Å²) in [5, 5.41) is 3.46. The summed E-state index contributed by atoms with van der Waals surface area (Å²) in [5.74, 6) is 0. The third-order valence-corrected chi connectivity index (χ3v) is 3.59. The fourth-order valence-electron chi connectivity index (χ4n) is 1.54. The first-order chi connectivity index (χ1) is 8.22. The van der Waals surface area contributed by atoms with Gasteiger partial charge >= 0.3 is 0 Å². The lowest BCUT2D eigenvalue weighted by Gasteiger charge is -2.16. The zero-order chi connectivity index (χ0) is 12.5. The van der Waals surface area contributed by atoms with E-state index in [1.165, 1.54) is 9.75 Å². The van der Waals surface area contributed by atoms with Gasteiger partial charge < -0.3 is 15.0 Å². The Kier molecular flexibility index (Phi) is 7.44. The first kappa shape index (κ1) is 14.6. The highest BCUT2D eigenvalue weighted by atomic mass is 32.1. The van der Waals surface area contributed by atoms with Gasteiger partial charge in [-0.3, -0.25) is 0 Å². The molecule has 0 spiro atoms. The van der Waals surface area contributed by atoms with Gasteiger partial charge in [-0.15, -0.1) is 11.3 Å². The number of rotatable bonds is 9. The lowest BCUT2D eigenvalue weighted by molar-refractivity contribution is 0.122. The van der Waals surface area contributed by atoms with Crippen molar-refractivity contribution in [3.8, 4) is 0 Å². The van der Waals surface area contributed by atoms with Gasteiger partial charge in [0.1, 0.15) is 0 Å². The molecule has 0 saturated carbocycles. The fraction of sp³-hybridized carbons (Fsp3) is 0.692. The van der Waals surface area contributed by atoms with Gasteiger partial charge in [0.15, 0.2) is 0 Å². The zero-order valence-electron chi connectivity index (χ0n) is 11.2. The van der Waals surface area contributed by atoms with Crippen molar-refractivity contribution in [1.82, 2.24) is 10.2 Å². The van der Waals surface area contributed by atoms with E-state index in [0.717, 1.165) is 39.4 Å². The number of hydrogen-bond donors (Lipinski definition) is 1. The van der Waals surface area contributed by atoms with Crippen molar-refractivity contribution >= 4 is 11.3 Å². The molecule has 0 bridgehead atoms. The van der Waals surface area contributed by atoms with Gasteiger partial charge in [-0.05, 0) is 33.0 Å². The molecule has 0 atom stereocenters. The standard InChI is InChI=1S/C13H24N2OS/c1-4-16-10-9-15(3)8-7-14-11-13-6-5-12(2)17-13/h5-6,14H,4,7-11H2,1-3H3. The molecule has 0 aliphatic carbocycles. The molecule has 3 nitrogen and oxygen atoms in total. The minimum atomic E-state index is 0.809. The minimum absolute atomic E-state index is 0.809. The number of nitrogens with one attached hydrogen (secondary N) is 1. The quantitative estimate of drug-likeness (QED) is 0.685. The SMILES string of the molecule is CCOCCN(C)CCNCc1ccc(C)s1. The maximum atomic E-state index is 5.32. The van der Waals surface area contributed by atoms with Crippen LogP contribution in [-0.2, 0) is 11.3 Å². The average Bonchev–Trinajstić information content (AvgIpc) is 2.71. The highest BCUT2D eigenvalue weighted by Gasteiger charge is 1.99. The van der Waals surface area contributed by atoms with Crippen LogP contribution in [0.5, 0.6) is 0 Å². The smallest absolute Gasteiger partial charge is 0.0593 e. The van der Waals surface area contributed by atoms with Gasteiger partial charge in [0, 0.05) is 42.5 Å². The molecule has 1 N–H and O–H groups in total. The summed E-state index contributed by atoms with van der Waals surface area (Å²) in [5.41, 5.74) is 0. The molecular formula is C13H24N2OS. The monoisotopic (exact) mass is 256 g/mol. The number of hydrogen-bond acceptors (Lipinski definition) is 4. The third kappa shape index (κ3) is 6.78. The van der Waals surface area contributed by atoms with Crippen molar-refractivity contribution in [1.29, 1.82) is 0 Å². The second kappa shape index (κ2) is 8.64. The second-order valence-electron chi connectivity index (χ2n) is 4.19. The molecule has 1 aromatic heterocycles. The Morgan fingerprint density at radius 2 is 2.18 bits per heavy atom. The van der Waals surface area contributed by atoms with Crippen LogP contribution in [0.1, 0.15) is 16.7 Å². The Morgan fingerprint density at radius 3 is 2.82 bits per heavy atom. The van der Waals surface area contributed by atoms with Gasteiger partial charge in [0.25, 0.3) is 0 Å². The minimum Gasteiger partial charge on any atom is -0.380 e. The first-order valence-corrected chi connectivity index (χ1v) is 7.06. The Balaban J connectivity index is 2.00. The normalized spacial score (nSPS) is 11.3. The zero-order valence-corrected chi connectivity index (χ0v) is 12.0. The van der Waals surface area contributed by atoms with E-state index >= 15 is 0 Å². The number of aryl methyl sites for hydroxylation is 1. The average molecular weight is 256 g/mol. The van der Waals surface area contributed by atoms with Crippen LogP contribution < -0.4 is 5.32 Å². The van der Waals surface area contributed by atoms with Gasteiger partial charge in [0.05, 0.1) is 6.61 Å². The van der Waals surface area contributed by atoms with Crippen LogP contribution in [0.4, 0.5) is 0 Å². The topological polar surface area (TPSA) is 24.5 Å². The van der Waals surface area contributed by atoms with Crippen LogP contribution in [0, 0.1) is 6.92 Å². The third-order valence-electron chi connectivity index (χ3n) is 2.59. The van der Waals surface area contributed by atoms with Crippen molar-refractivity contribution < 1.29 is 4.74 Å². The van der Waals surface area contributed by atoms with Gasteiger partial charge in [0.2, 0.25) is 0 Å². The van der Waals surface area contributed by atoms with E-state index in [4.69, 9.17) is 4.74 Å². The maximum Gasteiger partial charge on any atom is 0.0593 e. The Morgan fingerprint density at radius 1 is 1.35 bits per heavy atom. The summed E-state index contributed by atoms with van der Waals surface area (Å²) in [6, 6.07) is 4.38. The van der Waals surface area contributed by atoms with Gasteiger partial charge in [-0.1, -0.05) is 0 Å². The molecule has 1 heterocycles. The van der Waals surface area contributed by atoms with Crippen molar-refractivity contribution in [3.05, 3.63) is 21.9 Å². The lowest BCUT2D eigenvalue weighted by atomic mass is 10.4. The number of thiophene rings is 1. The van der Waals surface area contributed by atoms with E-state index in [1.807, 2.05) is 18.3 Å². The molecule has 17 heavy (non-hydrogen) atoms. The molecule has 0 unspecified atom stereocenters. The van der Waals surface area contributed by atoms with Gasteiger partial charge in [-0.25, -0.2) is 0 Å². The Hall–Kier alpha value is -0.420. The summed E-state index contributed by atoms with van der Waals surface area (Å²) in [4.78, 5) is 5.10. The molecule has 0 aliphatic heterocycles. The van der Waals surface area contributed by atoms with Crippen molar-refractivity contribution in [2.45, 2.75) is 20.4 Å². The summed E-state index contributed by atoms with van der Waals surface area (Å²) in [6.07, 6.45) is 0. The molecule has 0 amide bonds. The van der Waals surface area contributed by atoms with Crippen LogP contribution in [0.2, 0.25) is 0 Å². The molecule has 0 radical (unpaired) electrons. The molecule has 0 aliphatic rings. The Bertz CT molecular complexity index is 301. The van der Waals surface area contributed by atoms with Crippen LogP contribution in [-0.4, -0.2) is 44.8 Å². The maximum absolute atomic E-state index is 5.32. The first-order valence-electron chi connectivity index (χ1n) is 6.24. The number of nitrogens with zero attached hydrogens (tertiary/aromatic N) is 1. The van der Waals surface area contributed by atoms with Crippen LogP contribution in [0.25, 0.3) is 0 Å². The van der Waals surface area contributed by atoms with E-state index < -0.39 is 0 Å². The predicted octanol–water partition coefficient (Wildman–Crippen LogP) is 2.11. The van der Waals surface area contributed by atoms with Crippen LogP contribution in [0.15, 0.2) is 12.1 Å². The highest BCUT2D eigenvalue weighted by Crippen LogP contribution is 2.14. The van der Waals surface area contributed by atoms with E-state index in [1.54, 1.807) is 0 Å². The molecule has 0 aromatic carbocycles. The molecule has 1 aromatic rings. The van der Waals surface area contributed by atoms with Crippen LogP contribution in [0.3, 0.4) is 0 Å². The van der Waals surface area contributed by atoms with E-state index in [0.29, 0.717) is 0 Å². The van der Waals surface area contributed by atoms with E-state index in [9.17, 15) is 0 Å². The molecule has 0 saturated heterocycles. The van der Waals surface area contributed by atoms with Gasteiger partial charge in [-0.2, -0.15) is 0 Å². The molecule has 1 rings (SSSR count). The number of ether oxygens (including phenoxy) is 1. The summed E-state index contributed by atoms with van der Waals surface area (Å²) < 4.78 is 5.32. The summed E-state index contributed by atoms with van der Waals surface area (Å²) in [7, 11) is 2.13. The lowest BCUT2D eigenvalue weighted by Crippen LogP contribution is -2.31. The molecule has 98 valence electrons. The van der Waals surface area contributed by atoms with Crippen molar-refractivity contribution in [2.75, 3.05) is 39.9 Å². The largest absolute Gasteiger partial charge is 0.380 e. The van der Waals surface area contributed by atoms with E-state index in [-0.39, 0.29) is 0 Å². The predicted molar refractivity (Wildman–Crippen MR) is 74.8 cm³/mol. The van der Waals surface area contributed by atoms with E-state index in [2.05, 4.69) is 36.3 Å². The Labute approximate surface area is 109 Å². The molecule has 0 fully saturated rings. The summed E-state index contributed by atoms with van der Waals surface area (Å²) >= 11 is 1.87. The molecular weight excluding hydrogens is 232 g/mol.